The number of hydrogen-bond donors (Lipinski definition) is 0. The molecular weight excluding hydrogens is 522 g/mol. The molecule has 41 heavy (non-hydrogen) atoms. The third kappa shape index (κ3) is 12.0. The monoisotopic (exact) mass is 569 g/mol. The van der Waals surface area contributed by atoms with Crippen molar-refractivity contribution < 1.29 is 33.0 Å². The van der Waals surface area contributed by atoms with E-state index in [1.165, 1.54) is 75.2 Å². The van der Waals surface area contributed by atoms with E-state index in [2.05, 4.69) is 6.92 Å². The first-order chi connectivity index (χ1) is 20.1. The molecule has 0 spiro atoms. The van der Waals surface area contributed by atoms with Crippen molar-refractivity contribution in [3.63, 3.8) is 0 Å². The first-order valence-corrected chi connectivity index (χ1v) is 15.5. The van der Waals surface area contributed by atoms with E-state index in [0.29, 0.717) is 26.0 Å². The van der Waals surface area contributed by atoms with Crippen LogP contribution in [0.5, 0.6) is 5.95 Å². The van der Waals surface area contributed by atoms with Crippen LogP contribution in [-0.2, 0) is 25.7 Å². The van der Waals surface area contributed by atoms with E-state index < -0.39 is 30.5 Å². The SMILES string of the molecule is CCCCCCCCCCCCCCOc1ccc(C(=O)OCC(=O)N2CCC[C@H]2C(=O)OCc2ccccc2)o1. The summed E-state index contributed by atoms with van der Waals surface area (Å²) in [6.07, 6.45) is 16.5. The number of amides is 1. The van der Waals surface area contributed by atoms with E-state index >= 15 is 0 Å². The smallest absolute Gasteiger partial charge is 0.374 e. The normalized spacial score (nSPS) is 14.7. The van der Waals surface area contributed by atoms with E-state index in [0.717, 1.165) is 18.4 Å². The predicted octanol–water partition coefficient (Wildman–Crippen LogP) is 7.25. The van der Waals surface area contributed by atoms with Crippen molar-refractivity contribution in [1.82, 2.24) is 4.90 Å². The zero-order valence-electron chi connectivity index (χ0n) is 24.7. The number of carbonyl (C=O) groups is 3. The summed E-state index contributed by atoms with van der Waals surface area (Å²) >= 11 is 0. The summed E-state index contributed by atoms with van der Waals surface area (Å²) in [5, 5.41) is 0. The molecule has 226 valence electrons. The van der Waals surface area contributed by atoms with Gasteiger partial charge < -0.3 is 23.5 Å². The highest BCUT2D eigenvalue weighted by atomic mass is 16.6. The molecule has 3 rings (SSSR count). The fraction of sp³-hybridized carbons (Fsp3) is 0.606. The lowest BCUT2D eigenvalue weighted by Crippen LogP contribution is -2.43. The maximum atomic E-state index is 12.7. The number of furan rings is 1. The Morgan fingerprint density at radius 1 is 0.829 bits per heavy atom. The van der Waals surface area contributed by atoms with Crippen molar-refractivity contribution in [1.29, 1.82) is 0 Å². The van der Waals surface area contributed by atoms with Gasteiger partial charge in [0.25, 0.3) is 11.9 Å². The Balaban J connectivity index is 1.26. The standard InChI is InChI=1S/C33H47NO7/c1-2-3-4-5-6-7-8-9-10-11-12-16-24-38-31-22-21-29(41-31)33(37)40-26-30(35)34-23-17-20-28(34)32(36)39-25-27-18-14-13-15-19-27/h13-15,18-19,21-22,28H,2-12,16-17,20,23-26H2,1H3/t28-/m0/s1. The number of carbonyl (C=O) groups excluding carboxylic acids is 3. The second kappa shape index (κ2) is 18.9. The largest absolute Gasteiger partial charge is 0.465 e. The van der Waals surface area contributed by atoms with E-state index in [9.17, 15) is 14.4 Å². The molecule has 1 fully saturated rings. The molecule has 1 aromatic heterocycles. The van der Waals surface area contributed by atoms with Crippen molar-refractivity contribution in [3.8, 4) is 5.95 Å². The molecule has 0 radical (unpaired) electrons. The highest BCUT2D eigenvalue weighted by molar-refractivity contribution is 5.90. The Hall–Kier alpha value is -3.29. The van der Waals surface area contributed by atoms with Gasteiger partial charge in [0.05, 0.1) is 6.61 Å². The molecule has 8 heteroatoms. The van der Waals surface area contributed by atoms with E-state index in [1.54, 1.807) is 6.07 Å². The van der Waals surface area contributed by atoms with Crippen LogP contribution in [0.4, 0.5) is 0 Å². The Morgan fingerprint density at radius 3 is 2.17 bits per heavy atom. The maximum absolute atomic E-state index is 12.7. The maximum Gasteiger partial charge on any atom is 0.374 e. The van der Waals surface area contributed by atoms with Crippen molar-refractivity contribution in [2.45, 2.75) is 109 Å². The topological polar surface area (TPSA) is 95.3 Å². The molecule has 1 aliphatic heterocycles. The van der Waals surface area contributed by atoms with E-state index in [-0.39, 0.29) is 18.3 Å². The van der Waals surface area contributed by atoms with Gasteiger partial charge in [-0.15, -0.1) is 0 Å². The highest BCUT2D eigenvalue weighted by Gasteiger charge is 2.35. The van der Waals surface area contributed by atoms with Crippen LogP contribution >= 0.6 is 0 Å². The minimum atomic E-state index is -0.749. The number of esters is 2. The van der Waals surface area contributed by atoms with Crippen LogP contribution < -0.4 is 4.74 Å². The molecule has 2 heterocycles. The predicted molar refractivity (Wildman–Crippen MR) is 157 cm³/mol. The van der Waals surface area contributed by atoms with Crippen LogP contribution in [0.15, 0.2) is 46.9 Å². The van der Waals surface area contributed by atoms with Gasteiger partial charge in [0.1, 0.15) is 12.6 Å². The summed E-state index contributed by atoms with van der Waals surface area (Å²) in [6, 6.07) is 11.8. The van der Waals surface area contributed by atoms with Crippen molar-refractivity contribution >= 4 is 17.8 Å². The lowest BCUT2D eigenvalue weighted by Gasteiger charge is -2.23. The quantitative estimate of drug-likeness (QED) is 0.122. The summed E-state index contributed by atoms with van der Waals surface area (Å²) in [5.41, 5.74) is 0.876. The summed E-state index contributed by atoms with van der Waals surface area (Å²) in [4.78, 5) is 39.1. The van der Waals surface area contributed by atoms with Crippen molar-refractivity contribution in [3.05, 3.63) is 53.8 Å². The fourth-order valence-electron chi connectivity index (χ4n) is 5.04. The van der Waals surface area contributed by atoms with Crippen LogP contribution in [0, 0.1) is 0 Å². The number of hydrogen-bond acceptors (Lipinski definition) is 7. The molecule has 0 unspecified atom stereocenters. The van der Waals surface area contributed by atoms with Crippen LogP contribution in [0.25, 0.3) is 0 Å². The molecule has 1 atom stereocenters. The minimum absolute atomic E-state index is 0.0252. The number of likely N-dealkylation sites (tertiary alicyclic amines) is 1. The number of ether oxygens (including phenoxy) is 3. The number of unbranched alkanes of at least 4 members (excludes halogenated alkanes) is 11. The molecule has 8 nitrogen and oxygen atoms in total. The summed E-state index contributed by atoms with van der Waals surface area (Å²) in [7, 11) is 0. The molecule has 1 saturated heterocycles. The van der Waals surface area contributed by atoms with E-state index in [4.69, 9.17) is 18.6 Å². The Labute approximate surface area is 244 Å². The van der Waals surface area contributed by atoms with Gasteiger partial charge in [-0.25, -0.2) is 9.59 Å². The van der Waals surface area contributed by atoms with Gasteiger partial charge >= 0.3 is 11.9 Å². The summed E-state index contributed by atoms with van der Waals surface area (Å²) < 4.78 is 21.6. The molecule has 1 aliphatic rings. The lowest BCUT2D eigenvalue weighted by atomic mass is 10.1. The molecular formula is C33H47NO7. The number of rotatable bonds is 20. The number of nitrogens with zero attached hydrogens (tertiary/aromatic N) is 1. The number of benzene rings is 1. The van der Waals surface area contributed by atoms with Gasteiger partial charge in [-0.1, -0.05) is 108 Å². The van der Waals surface area contributed by atoms with Gasteiger partial charge in [-0.3, -0.25) is 4.79 Å². The zero-order chi connectivity index (χ0) is 29.1. The fourth-order valence-corrected chi connectivity index (χ4v) is 5.04. The molecule has 1 aromatic carbocycles. The van der Waals surface area contributed by atoms with Gasteiger partial charge in [-0.2, -0.15) is 0 Å². The van der Waals surface area contributed by atoms with Crippen LogP contribution in [0.1, 0.15) is 113 Å². The summed E-state index contributed by atoms with van der Waals surface area (Å²) in [6.45, 7) is 2.86. The zero-order valence-corrected chi connectivity index (χ0v) is 24.7. The van der Waals surface area contributed by atoms with E-state index in [1.807, 2.05) is 30.3 Å². The Morgan fingerprint density at radius 2 is 1.49 bits per heavy atom. The molecule has 1 amide bonds. The highest BCUT2D eigenvalue weighted by Crippen LogP contribution is 2.21. The average molecular weight is 570 g/mol. The van der Waals surface area contributed by atoms with Crippen LogP contribution in [0.2, 0.25) is 0 Å². The molecule has 0 bridgehead atoms. The summed E-state index contributed by atoms with van der Waals surface area (Å²) in [5.74, 6) is -1.41. The molecule has 2 aromatic rings. The van der Waals surface area contributed by atoms with Crippen LogP contribution in [0.3, 0.4) is 0 Å². The van der Waals surface area contributed by atoms with Gasteiger partial charge in [-0.05, 0) is 30.9 Å². The average Bonchev–Trinajstić information content (AvgIpc) is 3.68. The third-order valence-corrected chi connectivity index (χ3v) is 7.42. The van der Waals surface area contributed by atoms with Gasteiger partial charge in [0.2, 0.25) is 5.76 Å². The first kappa shape index (κ1) is 32.2. The van der Waals surface area contributed by atoms with Gasteiger partial charge in [0.15, 0.2) is 6.61 Å². The van der Waals surface area contributed by atoms with Gasteiger partial charge in [0, 0.05) is 12.6 Å². The second-order valence-corrected chi connectivity index (χ2v) is 10.8. The third-order valence-electron chi connectivity index (χ3n) is 7.42. The van der Waals surface area contributed by atoms with Crippen molar-refractivity contribution in [2.75, 3.05) is 19.8 Å². The Kier molecular flexibility index (Phi) is 14.9. The van der Waals surface area contributed by atoms with Crippen LogP contribution in [-0.4, -0.2) is 48.5 Å². The molecule has 0 saturated carbocycles. The lowest BCUT2D eigenvalue weighted by molar-refractivity contribution is -0.155. The first-order valence-electron chi connectivity index (χ1n) is 15.5. The molecule has 0 N–H and O–H groups in total. The second-order valence-electron chi connectivity index (χ2n) is 10.8. The molecule has 0 aliphatic carbocycles. The minimum Gasteiger partial charge on any atom is -0.465 e. The van der Waals surface area contributed by atoms with Crippen molar-refractivity contribution in [2.24, 2.45) is 0 Å². The Bertz CT molecular complexity index is 1040.